The van der Waals surface area contributed by atoms with Crippen LogP contribution >= 0.6 is 0 Å². The average molecular weight is 290 g/mol. The summed E-state index contributed by atoms with van der Waals surface area (Å²) in [4.78, 5) is 11.8. The number of unbranched alkanes of at least 4 members (excludes halogenated alkanes) is 2. The van der Waals surface area contributed by atoms with E-state index in [9.17, 15) is 9.90 Å². The van der Waals surface area contributed by atoms with Gasteiger partial charge in [-0.05, 0) is 37.0 Å². The van der Waals surface area contributed by atoms with Crippen molar-refractivity contribution in [3.63, 3.8) is 0 Å². The Bertz CT molecular complexity index is 445. The van der Waals surface area contributed by atoms with Gasteiger partial charge in [-0.25, -0.2) is 0 Å². The van der Waals surface area contributed by atoms with Crippen LogP contribution in [0, 0.1) is 6.92 Å². The Morgan fingerprint density at radius 3 is 2.62 bits per heavy atom. The van der Waals surface area contributed by atoms with Crippen LogP contribution in [0.1, 0.15) is 64.4 Å². The summed E-state index contributed by atoms with van der Waals surface area (Å²) >= 11 is 0. The minimum atomic E-state index is -0.903. The number of benzene rings is 1. The van der Waals surface area contributed by atoms with Crippen LogP contribution in [0.4, 0.5) is 5.69 Å². The van der Waals surface area contributed by atoms with Crippen molar-refractivity contribution in [3.05, 3.63) is 36.8 Å². The SMILES string of the molecule is [CH2]CC(O)(CCCC)c1cccc(NC(=O)CCCC)c1. The Morgan fingerprint density at radius 1 is 1.29 bits per heavy atom. The van der Waals surface area contributed by atoms with Crippen molar-refractivity contribution in [1.29, 1.82) is 0 Å². The van der Waals surface area contributed by atoms with Crippen LogP contribution < -0.4 is 5.32 Å². The van der Waals surface area contributed by atoms with Crippen LogP contribution in [-0.4, -0.2) is 11.0 Å². The summed E-state index contributed by atoms with van der Waals surface area (Å²) in [5, 5.41) is 13.6. The van der Waals surface area contributed by atoms with E-state index in [4.69, 9.17) is 0 Å². The second-order valence-electron chi connectivity index (χ2n) is 5.62. The van der Waals surface area contributed by atoms with Crippen molar-refractivity contribution in [3.8, 4) is 0 Å². The normalized spacial score (nSPS) is 13.7. The molecular weight excluding hydrogens is 262 g/mol. The zero-order valence-electron chi connectivity index (χ0n) is 13.3. The highest BCUT2D eigenvalue weighted by molar-refractivity contribution is 5.90. The van der Waals surface area contributed by atoms with Crippen molar-refractivity contribution in [2.45, 2.75) is 64.4 Å². The van der Waals surface area contributed by atoms with E-state index in [-0.39, 0.29) is 5.91 Å². The highest BCUT2D eigenvalue weighted by Crippen LogP contribution is 2.31. The molecule has 0 saturated heterocycles. The van der Waals surface area contributed by atoms with Crippen LogP contribution in [0.25, 0.3) is 0 Å². The van der Waals surface area contributed by atoms with E-state index in [1.807, 2.05) is 24.3 Å². The highest BCUT2D eigenvalue weighted by Gasteiger charge is 2.26. The summed E-state index contributed by atoms with van der Waals surface area (Å²) in [5.41, 5.74) is 0.677. The smallest absolute Gasteiger partial charge is 0.224 e. The van der Waals surface area contributed by atoms with Gasteiger partial charge in [-0.1, -0.05) is 52.2 Å². The summed E-state index contributed by atoms with van der Waals surface area (Å²) in [6.45, 7) is 8.05. The van der Waals surface area contributed by atoms with Crippen molar-refractivity contribution in [2.24, 2.45) is 0 Å². The second-order valence-corrected chi connectivity index (χ2v) is 5.62. The molecular formula is C18H28NO2. The van der Waals surface area contributed by atoms with Gasteiger partial charge in [0.15, 0.2) is 0 Å². The van der Waals surface area contributed by atoms with Gasteiger partial charge < -0.3 is 10.4 Å². The zero-order chi connectivity index (χ0) is 15.7. The number of carbonyl (C=O) groups is 1. The van der Waals surface area contributed by atoms with Gasteiger partial charge in [-0.2, -0.15) is 0 Å². The number of amides is 1. The minimum Gasteiger partial charge on any atom is -0.385 e. The predicted octanol–water partition coefficient (Wildman–Crippen LogP) is 4.42. The maximum atomic E-state index is 11.8. The summed E-state index contributed by atoms with van der Waals surface area (Å²) in [6.07, 6.45) is 5.56. The van der Waals surface area contributed by atoms with Gasteiger partial charge in [0.2, 0.25) is 5.91 Å². The predicted molar refractivity (Wildman–Crippen MR) is 88.0 cm³/mol. The number of nitrogens with one attached hydrogen (secondary N) is 1. The van der Waals surface area contributed by atoms with Gasteiger partial charge in [0.1, 0.15) is 0 Å². The fourth-order valence-corrected chi connectivity index (χ4v) is 2.33. The first kappa shape index (κ1) is 17.7. The highest BCUT2D eigenvalue weighted by atomic mass is 16.3. The van der Waals surface area contributed by atoms with Gasteiger partial charge in [0.05, 0.1) is 5.60 Å². The quantitative estimate of drug-likeness (QED) is 0.707. The third-order valence-corrected chi connectivity index (χ3v) is 3.80. The summed E-state index contributed by atoms with van der Waals surface area (Å²) in [5.74, 6) is 0.0284. The van der Waals surface area contributed by atoms with Crippen LogP contribution in [0.2, 0.25) is 0 Å². The number of anilines is 1. The van der Waals surface area contributed by atoms with Crippen molar-refractivity contribution in [1.82, 2.24) is 0 Å². The molecule has 1 unspecified atom stereocenters. The molecule has 0 saturated carbocycles. The third kappa shape index (κ3) is 5.50. The Morgan fingerprint density at radius 2 is 2.00 bits per heavy atom. The van der Waals surface area contributed by atoms with Gasteiger partial charge in [-0.3, -0.25) is 4.79 Å². The largest absolute Gasteiger partial charge is 0.385 e. The van der Waals surface area contributed by atoms with Gasteiger partial charge in [0, 0.05) is 12.1 Å². The molecule has 0 heterocycles. The standard InChI is InChI=1S/C18H28NO2/c1-4-7-12-17(20)19-16-11-9-10-15(14-16)18(21,6-3)13-8-5-2/h9-11,14,21H,3-8,12-13H2,1-2H3,(H,19,20). The molecule has 0 fully saturated rings. The molecule has 2 N–H and O–H groups in total. The molecule has 0 aromatic heterocycles. The lowest BCUT2D eigenvalue weighted by Gasteiger charge is -2.27. The van der Waals surface area contributed by atoms with E-state index in [1.54, 1.807) is 0 Å². The van der Waals surface area contributed by atoms with E-state index in [2.05, 4.69) is 26.1 Å². The molecule has 0 aliphatic carbocycles. The van der Waals surface area contributed by atoms with Gasteiger partial charge >= 0.3 is 0 Å². The third-order valence-electron chi connectivity index (χ3n) is 3.80. The van der Waals surface area contributed by atoms with Crippen LogP contribution in [0.15, 0.2) is 24.3 Å². The Hall–Kier alpha value is -1.35. The molecule has 1 atom stereocenters. The fraction of sp³-hybridized carbons (Fsp3) is 0.556. The van der Waals surface area contributed by atoms with Crippen molar-refractivity contribution >= 4 is 11.6 Å². The Balaban J connectivity index is 2.81. The molecule has 1 radical (unpaired) electrons. The maximum absolute atomic E-state index is 11.8. The van der Waals surface area contributed by atoms with E-state index < -0.39 is 5.60 Å². The van der Waals surface area contributed by atoms with Crippen LogP contribution in [-0.2, 0) is 10.4 Å². The molecule has 0 aliphatic heterocycles. The fourth-order valence-electron chi connectivity index (χ4n) is 2.33. The number of hydrogen-bond acceptors (Lipinski definition) is 2. The van der Waals surface area contributed by atoms with Crippen molar-refractivity contribution < 1.29 is 9.90 Å². The molecule has 0 aliphatic rings. The first-order valence-corrected chi connectivity index (χ1v) is 7.97. The second kappa shape index (κ2) is 8.83. The lowest BCUT2D eigenvalue weighted by Crippen LogP contribution is -2.25. The maximum Gasteiger partial charge on any atom is 0.224 e. The lowest BCUT2D eigenvalue weighted by atomic mass is 9.86. The summed E-state index contributed by atoms with van der Waals surface area (Å²) in [7, 11) is 0. The summed E-state index contributed by atoms with van der Waals surface area (Å²) < 4.78 is 0. The van der Waals surface area contributed by atoms with E-state index in [1.165, 1.54) is 0 Å². The Labute approximate surface area is 128 Å². The Kier molecular flexibility index (Phi) is 7.44. The van der Waals surface area contributed by atoms with Crippen LogP contribution in [0.3, 0.4) is 0 Å². The molecule has 1 rings (SSSR count). The topological polar surface area (TPSA) is 49.3 Å². The number of aliphatic hydroxyl groups is 1. The van der Waals surface area contributed by atoms with Crippen molar-refractivity contribution in [2.75, 3.05) is 5.32 Å². The molecule has 117 valence electrons. The molecule has 1 aromatic carbocycles. The number of carbonyl (C=O) groups excluding carboxylic acids is 1. The van der Waals surface area contributed by atoms with E-state index in [0.717, 1.165) is 36.9 Å². The molecule has 3 nitrogen and oxygen atoms in total. The average Bonchev–Trinajstić information content (AvgIpc) is 2.50. The van der Waals surface area contributed by atoms with Gasteiger partial charge in [-0.15, -0.1) is 0 Å². The van der Waals surface area contributed by atoms with Crippen LogP contribution in [0.5, 0.6) is 0 Å². The molecule has 21 heavy (non-hydrogen) atoms. The number of rotatable bonds is 9. The summed E-state index contributed by atoms with van der Waals surface area (Å²) in [6, 6.07) is 7.50. The molecule has 1 aromatic rings. The first-order chi connectivity index (χ1) is 10.1. The monoisotopic (exact) mass is 290 g/mol. The molecule has 0 spiro atoms. The zero-order valence-corrected chi connectivity index (χ0v) is 13.3. The van der Waals surface area contributed by atoms with Gasteiger partial charge in [0.25, 0.3) is 0 Å². The van der Waals surface area contributed by atoms with E-state index in [0.29, 0.717) is 19.3 Å². The van der Waals surface area contributed by atoms with E-state index >= 15 is 0 Å². The lowest BCUT2D eigenvalue weighted by molar-refractivity contribution is -0.116. The molecule has 3 heteroatoms. The molecule has 0 bridgehead atoms. The first-order valence-electron chi connectivity index (χ1n) is 7.97. The minimum absolute atomic E-state index is 0.0284. The number of hydrogen-bond donors (Lipinski definition) is 2. The molecule has 1 amide bonds.